The molecule has 2 heterocycles. The van der Waals surface area contributed by atoms with Crippen molar-refractivity contribution in [3.8, 4) is 5.75 Å². The first-order chi connectivity index (χ1) is 26.3. The quantitative estimate of drug-likeness (QED) is 0.137. The van der Waals surface area contributed by atoms with Crippen molar-refractivity contribution < 1.29 is 36.9 Å². The fraction of sp³-hybridized carbons (Fsp3) is 0.558. The Kier molecular flexibility index (Phi) is 15.2. The van der Waals surface area contributed by atoms with Crippen LogP contribution >= 0.6 is 0 Å². The van der Waals surface area contributed by atoms with Crippen LogP contribution in [-0.2, 0) is 47.0 Å². The van der Waals surface area contributed by atoms with E-state index in [1.807, 2.05) is 45.0 Å². The van der Waals surface area contributed by atoms with E-state index in [4.69, 9.17) is 23.7 Å². The van der Waals surface area contributed by atoms with Crippen LogP contribution in [0, 0.1) is 12.8 Å². The minimum atomic E-state index is -3.93. The monoisotopic (exact) mass is 779 g/mol. The number of methoxy groups -OCH3 is 2. The topological polar surface area (TPSA) is 116 Å². The number of piperidine rings is 1. The van der Waals surface area contributed by atoms with Crippen LogP contribution in [0.3, 0.4) is 0 Å². The first-order valence-corrected chi connectivity index (χ1v) is 20.9. The number of fused-ring (bicyclic) bond motifs is 1. The van der Waals surface area contributed by atoms with Crippen molar-refractivity contribution in [2.24, 2.45) is 5.92 Å². The molecule has 4 atom stereocenters. The molecule has 0 aromatic heterocycles. The summed E-state index contributed by atoms with van der Waals surface area (Å²) in [7, 11) is -0.514. The Balaban J connectivity index is 1.45. The molecule has 1 saturated heterocycles. The maximum absolute atomic E-state index is 14.6. The molecule has 0 spiro atoms. The zero-order valence-electron chi connectivity index (χ0n) is 33.7. The predicted molar refractivity (Wildman–Crippen MR) is 215 cm³/mol. The van der Waals surface area contributed by atoms with Crippen LogP contribution in [0.25, 0.3) is 0 Å². The van der Waals surface area contributed by atoms with Gasteiger partial charge in [-0.1, -0.05) is 55.0 Å². The zero-order valence-corrected chi connectivity index (χ0v) is 34.5. The molecule has 55 heavy (non-hydrogen) atoms. The third kappa shape index (κ3) is 11.8. The molecule has 3 aromatic carbocycles. The van der Waals surface area contributed by atoms with Gasteiger partial charge in [0.05, 0.1) is 49.7 Å². The van der Waals surface area contributed by atoms with Crippen molar-refractivity contribution in [2.45, 2.75) is 95.6 Å². The van der Waals surface area contributed by atoms with E-state index in [9.17, 15) is 13.2 Å². The Morgan fingerprint density at radius 3 is 2.40 bits per heavy atom. The number of carbonyl (C=O) groups is 1. The van der Waals surface area contributed by atoms with Gasteiger partial charge in [-0.3, -0.25) is 4.79 Å². The standard InChI is InChI=1S/C43H61N3O8S/c1-31-9-16-38(17-10-31)55(48,49)46-26-42(54-30-35-13-18-41-40(23-35)45(20-22-53-41)19-8-21-50-6)39(24-37(46)25-43(4,5)44-33(3)47)36-14-11-34(12-15-36)29-52-28-32(2)27-51-7/h9-18,23,32,37,39,42H,8,19-22,24-30H2,1-7H3,(H,44,47)/t32-,37+,39+,42-/m0/s1. The first-order valence-electron chi connectivity index (χ1n) is 19.4. The average molecular weight is 780 g/mol. The second kappa shape index (κ2) is 19.6. The van der Waals surface area contributed by atoms with Crippen LogP contribution in [0.5, 0.6) is 5.75 Å². The Labute approximate surface area is 328 Å². The highest BCUT2D eigenvalue weighted by atomic mass is 32.2. The summed E-state index contributed by atoms with van der Waals surface area (Å²) in [5.74, 6) is 0.864. The third-order valence-electron chi connectivity index (χ3n) is 10.4. The van der Waals surface area contributed by atoms with Crippen LogP contribution < -0.4 is 15.0 Å². The first kappa shape index (κ1) is 42.6. The number of rotatable bonds is 19. The lowest BCUT2D eigenvalue weighted by atomic mass is 9.80. The fourth-order valence-electron chi connectivity index (χ4n) is 7.79. The summed E-state index contributed by atoms with van der Waals surface area (Å²) >= 11 is 0. The van der Waals surface area contributed by atoms with Crippen LogP contribution in [0.4, 0.5) is 5.69 Å². The van der Waals surface area contributed by atoms with E-state index in [-0.39, 0.29) is 23.3 Å². The van der Waals surface area contributed by atoms with Gasteiger partial charge in [0.1, 0.15) is 12.4 Å². The van der Waals surface area contributed by atoms with Gasteiger partial charge in [-0.05, 0) is 81.0 Å². The minimum absolute atomic E-state index is 0.120. The van der Waals surface area contributed by atoms with Gasteiger partial charge in [-0.25, -0.2) is 8.42 Å². The molecular formula is C43H61N3O8S. The number of ether oxygens (including phenoxy) is 5. The minimum Gasteiger partial charge on any atom is -0.490 e. The number of hydrogen-bond acceptors (Lipinski definition) is 9. The van der Waals surface area contributed by atoms with Gasteiger partial charge in [0, 0.05) is 64.3 Å². The summed E-state index contributed by atoms with van der Waals surface area (Å²) in [5, 5.41) is 3.05. The highest BCUT2D eigenvalue weighted by molar-refractivity contribution is 7.89. The van der Waals surface area contributed by atoms with Gasteiger partial charge >= 0.3 is 0 Å². The van der Waals surface area contributed by atoms with E-state index in [2.05, 4.69) is 47.5 Å². The molecule has 0 saturated carbocycles. The molecule has 0 bridgehead atoms. The molecular weight excluding hydrogens is 719 g/mol. The second-order valence-electron chi connectivity index (χ2n) is 15.8. The highest BCUT2D eigenvalue weighted by Gasteiger charge is 2.44. The predicted octanol–water partition coefficient (Wildman–Crippen LogP) is 6.47. The van der Waals surface area contributed by atoms with Gasteiger partial charge in [-0.15, -0.1) is 0 Å². The second-order valence-corrected chi connectivity index (χ2v) is 17.7. The molecule has 12 heteroatoms. The number of nitrogens with zero attached hydrogens (tertiary/aromatic N) is 2. The number of anilines is 1. The lowest BCUT2D eigenvalue weighted by Crippen LogP contribution is -2.56. The van der Waals surface area contributed by atoms with Crippen LogP contribution in [0.1, 0.15) is 75.1 Å². The summed E-state index contributed by atoms with van der Waals surface area (Å²) in [5.41, 5.74) is 4.46. The summed E-state index contributed by atoms with van der Waals surface area (Å²) in [4.78, 5) is 14.8. The number of hydrogen-bond donors (Lipinski definition) is 1. The average Bonchev–Trinajstić information content (AvgIpc) is 3.14. The summed E-state index contributed by atoms with van der Waals surface area (Å²) in [6.45, 7) is 14.6. The summed E-state index contributed by atoms with van der Waals surface area (Å²) < 4.78 is 60.1. The van der Waals surface area contributed by atoms with Crippen molar-refractivity contribution >= 4 is 21.6 Å². The van der Waals surface area contributed by atoms with Crippen LogP contribution in [-0.4, -0.2) is 96.6 Å². The van der Waals surface area contributed by atoms with Crippen molar-refractivity contribution in [2.75, 3.05) is 65.2 Å². The number of nitrogens with one attached hydrogen (secondary N) is 1. The van der Waals surface area contributed by atoms with E-state index < -0.39 is 27.7 Å². The Hall–Kier alpha value is -3.52. The van der Waals surface area contributed by atoms with Gasteiger partial charge < -0.3 is 33.9 Å². The SMILES string of the molecule is COCCCN1CCOc2ccc(CO[C@H]3CN(S(=O)(=O)c4ccc(C)cc4)[C@@H](CC(C)(C)NC(C)=O)C[C@@H]3c3ccc(COC[C@@H](C)COC)cc3)cc21. The molecule has 0 aliphatic carbocycles. The molecule has 5 rings (SSSR count). The maximum Gasteiger partial charge on any atom is 0.243 e. The molecule has 11 nitrogen and oxygen atoms in total. The summed E-state index contributed by atoms with van der Waals surface area (Å²) in [6, 6.07) is 21.1. The van der Waals surface area contributed by atoms with Crippen molar-refractivity contribution in [3.63, 3.8) is 0 Å². The molecule has 2 aliphatic heterocycles. The van der Waals surface area contributed by atoms with Gasteiger partial charge in [-0.2, -0.15) is 4.31 Å². The van der Waals surface area contributed by atoms with Gasteiger partial charge in [0.2, 0.25) is 15.9 Å². The highest BCUT2D eigenvalue weighted by Crippen LogP contribution is 2.40. The molecule has 0 unspecified atom stereocenters. The number of benzene rings is 3. The van der Waals surface area contributed by atoms with Crippen molar-refractivity contribution in [1.29, 1.82) is 0 Å². The maximum atomic E-state index is 14.6. The molecule has 1 amide bonds. The lowest BCUT2D eigenvalue weighted by Gasteiger charge is -2.45. The summed E-state index contributed by atoms with van der Waals surface area (Å²) in [6.07, 6.45) is 1.39. The van der Waals surface area contributed by atoms with Crippen molar-refractivity contribution in [1.82, 2.24) is 9.62 Å². The zero-order chi connectivity index (χ0) is 39.6. The number of sulfonamides is 1. The Morgan fingerprint density at radius 1 is 0.982 bits per heavy atom. The van der Waals surface area contributed by atoms with Crippen LogP contribution in [0.15, 0.2) is 71.6 Å². The molecule has 3 aromatic rings. The normalized spacial score (nSPS) is 19.8. The molecule has 302 valence electrons. The fourth-order valence-corrected chi connectivity index (χ4v) is 9.44. The smallest absolute Gasteiger partial charge is 0.243 e. The number of carbonyl (C=O) groups excluding carboxylic acids is 1. The van der Waals surface area contributed by atoms with Gasteiger partial charge in [0.15, 0.2) is 0 Å². The number of aryl methyl sites for hydroxylation is 1. The van der Waals surface area contributed by atoms with E-state index in [0.29, 0.717) is 58.4 Å². The Bertz CT molecular complexity index is 1780. The van der Waals surface area contributed by atoms with Crippen molar-refractivity contribution in [3.05, 3.63) is 89.0 Å². The molecule has 1 N–H and O–H groups in total. The molecule has 2 aliphatic rings. The van der Waals surface area contributed by atoms with E-state index in [1.165, 1.54) is 6.92 Å². The molecule has 1 fully saturated rings. The van der Waals surface area contributed by atoms with Crippen LogP contribution in [0.2, 0.25) is 0 Å². The Morgan fingerprint density at radius 2 is 1.71 bits per heavy atom. The van der Waals surface area contributed by atoms with E-state index >= 15 is 0 Å². The third-order valence-corrected chi connectivity index (χ3v) is 12.3. The molecule has 0 radical (unpaired) electrons. The number of amides is 1. The lowest BCUT2D eigenvalue weighted by molar-refractivity contribution is -0.120. The van der Waals surface area contributed by atoms with E-state index in [0.717, 1.165) is 53.2 Å². The van der Waals surface area contributed by atoms with Gasteiger partial charge in [0.25, 0.3) is 0 Å². The largest absolute Gasteiger partial charge is 0.490 e. The van der Waals surface area contributed by atoms with E-state index in [1.54, 1.807) is 30.7 Å².